The molecule has 0 bridgehead atoms. The van der Waals surface area contributed by atoms with Crippen LogP contribution in [0.5, 0.6) is 0 Å². The summed E-state index contributed by atoms with van der Waals surface area (Å²) in [5.74, 6) is 0.159. The Bertz CT molecular complexity index is 209. The number of esters is 1. The zero-order valence-electron chi connectivity index (χ0n) is 9.29. The van der Waals surface area contributed by atoms with Crippen molar-refractivity contribution in [2.45, 2.75) is 26.2 Å². The van der Waals surface area contributed by atoms with Crippen molar-refractivity contribution in [1.29, 1.82) is 0 Å². The van der Waals surface area contributed by atoms with E-state index in [-0.39, 0.29) is 18.4 Å². The molecular weight excluding hydrogens is 218 g/mol. The van der Waals surface area contributed by atoms with Crippen LogP contribution in [0, 0.1) is 0 Å². The number of unbranched alkanes of at least 4 members (excludes halogenated alkanes) is 1. The van der Waals surface area contributed by atoms with Crippen molar-refractivity contribution in [2.75, 3.05) is 26.1 Å². The summed E-state index contributed by atoms with van der Waals surface area (Å²) in [5.41, 5.74) is 0. The molecule has 0 radical (unpaired) electrons. The van der Waals surface area contributed by atoms with E-state index in [0.29, 0.717) is 18.8 Å². The van der Waals surface area contributed by atoms with Crippen molar-refractivity contribution in [3.05, 3.63) is 0 Å². The van der Waals surface area contributed by atoms with Crippen molar-refractivity contribution in [3.8, 4) is 0 Å². The second-order valence-corrected chi connectivity index (χ2v) is 3.51. The summed E-state index contributed by atoms with van der Waals surface area (Å²) in [7, 11) is 1.31. The zero-order valence-corrected chi connectivity index (χ0v) is 10.0. The van der Waals surface area contributed by atoms with Gasteiger partial charge >= 0.3 is 5.97 Å². The molecule has 0 saturated carbocycles. The van der Waals surface area contributed by atoms with Gasteiger partial charge in [-0.2, -0.15) is 0 Å². The van der Waals surface area contributed by atoms with Gasteiger partial charge in [0.25, 0.3) is 0 Å². The summed E-state index contributed by atoms with van der Waals surface area (Å²) in [5, 5.41) is 0. The standard InChI is InChI=1S/C10H18ClNO3/c1-3-12(8-10(14)15-2)9(13)6-4-5-7-11/h3-8H2,1-2H3. The average Bonchev–Trinajstić information content (AvgIpc) is 2.25. The molecule has 0 aliphatic carbocycles. The smallest absolute Gasteiger partial charge is 0.325 e. The van der Waals surface area contributed by atoms with E-state index in [2.05, 4.69) is 4.74 Å². The Morgan fingerprint density at radius 2 is 2.00 bits per heavy atom. The van der Waals surface area contributed by atoms with E-state index < -0.39 is 0 Å². The van der Waals surface area contributed by atoms with Gasteiger partial charge in [-0.05, 0) is 19.8 Å². The lowest BCUT2D eigenvalue weighted by Gasteiger charge is -2.19. The van der Waals surface area contributed by atoms with Crippen molar-refractivity contribution in [3.63, 3.8) is 0 Å². The lowest BCUT2D eigenvalue weighted by atomic mass is 10.2. The van der Waals surface area contributed by atoms with Crippen LogP contribution in [0.2, 0.25) is 0 Å². The second kappa shape index (κ2) is 8.53. The maximum Gasteiger partial charge on any atom is 0.325 e. The first-order chi connectivity index (χ1) is 7.15. The molecule has 1 amide bonds. The molecule has 0 rings (SSSR count). The number of carbonyl (C=O) groups excluding carboxylic acids is 2. The highest BCUT2D eigenvalue weighted by molar-refractivity contribution is 6.17. The number of rotatable bonds is 7. The molecule has 0 heterocycles. The van der Waals surface area contributed by atoms with E-state index in [0.717, 1.165) is 12.8 Å². The average molecular weight is 236 g/mol. The summed E-state index contributed by atoms with van der Waals surface area (Å²) >= 11 is 5.51. The fourth-order valence-corrected chi connectivity index (χ4v) is 1.31. The van der Waals surface area contributed by atoms with E-state index >= 15 is 0 Å². The number of carbonyl (C=O) groups is 2. The van der Waals surface area contributed by atoms with Gasteiger partial charge in [0.1, 0.15) is 6.54 Å². The molecule has 5 heteroatoms. The highest BCUT2D eigenvalue weighted by Gasteiger charge is 2.14. The third-order valence-corrected chi connectivity index (χ3v) is 2.32. The molecule has 0 atom stereocenters. The molecule has 15 heavy (non-hydrogen) atoms. The van der Waals surface area contributed by atoms with Crippen LogP contribution in [0.25, 0.3) is 0 Å². The van der Waals surface area contributed by atoms with Gasteiger partial charge in [-0.15, -0.1) is 11.6 Å². The predicted molar refractivity (Wildman–Crippen MR) is 58.8 cm³/mol. The molecule has 0 aromatic rings. The first kappa shape index (κ1) is 14.2. The highest BCUT2D eigenvalue weighted by Crippen LogP contribution is 2.02. The van der Waals surface area contributed by atoms with Gasteiger partial charge in [0.05, 0.1) is 7.11 Å². The fraction of sp³-hybridized carbons (Fsp3) is 0.800. The van der Waals surface area contributed by atoms with Gasteiger partial charge in [-0.25, -0.2) is 0 Å². The van der Waals surface area contributed by atoms with E-state index in [1.165, 1.54) is 12.0 Å². The van der Waals surface area contributed by atoms with Crippen LogP contribution < -0.4 is 0 Å². The fourth-order valence-electron chi connectivity index (χ4n) is 1.13. The molecule has 0 aromatic heterocycles. The van der Waals surface area contributed by atoms with Crippen LogP contribution in [0.3, 0.4) is 0 Å². The maximum absolute atomic E-state index is 11.6. The lowest BCUT2D eigenvalue weighted by Crippen LogP contribution is -2.35. The van der Waals surface area contributed by atoms with Crippen molar-refractivity contribution in [2.24, 2.45) is 0 Å². The minimum atomic E-state index is -0.387. The molecule has 88 valence electrons. The summed E-state index contributed by atoms with van der Waals surface area (Å²) < 4.78 is 4.50. The number of likely N-dealkylation sites (N-methyl/N-ethyl adjacent to an activating group) is 1. The minimum Gasteiger partial charge on any atom is -0.468 e. The second-order valence-electron chi connectivity index (χ2n) is 3.13. The maximum atomic E-state index is 11.6. The van der Waals surface area contributed by atoms with Crippen LogP contribution in [0.4, 0.5) is 0 Å². The van der Waals surface area contributed by atoms with Gasteiger partial charge in [0.15, 0.2) is 0 Å². The molecular formula is C10H18ClNO3. The van der Waals surface area contributed by atoms with Crippen molar-refractivity contribution < 1.29 is 14.3 Å². The Morgan fingerprint density at radius 3 is 2.47 bits per heavy atom. The van der Waals surface area contributed by atoms with Gasteiger partial charge < -0.3 is 9.64 Å². The molecule has 0 fully saturated rings. The molecule has 0 N–H and O–H groups in total. The summed E-state index contributed by atoms with van der Waals surface area (Å²) in [4.78, 5) is 24.0. The molecule has 0 aromatic carbocycles. The van der Waals surface area contributed by atoms with Gasteiger partial charge in [-0.1, -0.05) is 0 Å². The van der Waals surface area contributed by atoms with Crippen LogP contribution in [-0.2, 0) is 14.3 Å². The molecule has 4 nitrogen and oxygen atoms in total. The number of hydrogen-bond acceptors (Lipinski definition) is 3. The van der Waals surface area contributed by atoms with Crippen molar-refractivity contribution in [1.82, 2.24) is 4.90 Å². The van der Waals surface area contributed by atoms with Crippen LogP contribution in [0.15, 0.2) is 0 Å². The number of nitrogens with zero attached hydrogens (tertiary/aromatic N) is 1. The largest absolute Gasteiger partial charge is 0.468 e. The Kier molecular flexibility index (Phi) is 8.09. The normalized spacial score (nSPS) is 9.80. The van der Waals surface area contributed by atoms with Gasteiger partial charge in [0, 0.05) is 18.8 Å². The summed E-state index contributed by atoms with van der Waals surface area (Å²) in [6, 6.07) is 0. The molecule has 0 aliphatic heterocycles. The zero-order chi connectivity index (χ0) is 11.7. The monoisotopic (exact) mass is 235 g/mol. The Hall–Kier alpha value is -0.770. The minimum absolute atomic E-state index is 0.0204. The summed E-state index contributed by atoms with van der Waals surface area (Å²) in [6.07, 6.45) is 2.03. The Labute approximate surface area is 95.5 Å². The van der Waals surface area contributed by atoms with Gasteiger partial charge in [-0.3, -0.25) is 9.59 Å². The van der Waals surface area contributed by atoms with Gasteiger partial charge in [0.2, 0.25) is 5.91 Å². The Balaban J connectivity index is 3.93. The topological polar surface area (TPSA) is 46.6 Å². The first-order valence-electron chi connectivity index (χ1n) is 5.06. The van der Waals surface area contributed by atoms with Crippen LogP contribution >= 0.6 is 11.6 Å². The number of ether oxygens (including phenoxy) is 1. The van der Waals surface area contributed by atoms with E-state index in [4.69, 9.17) is 11.6 Å². The van der Waals surface area contributed by atoms with Crippen LogP contribution in [-0.4, -0.2) is 42.9 Å². The predicted octanol–water partition coefficient (Wildman–Crippen LogP) is 1.42. The van der Waals surface area contributed by atoms with Crippen molar-refractivity contribution >= 4 is 23.5 Å². The number of amides is 1. The first-order valence-corrected chi connectivity index (χ1v) is 5.59. The van der Waals surface area contributed by atoms with E-state index in [1.807, 2.05) is 6.92 Å². The van der Waals surface area contributed by atoms with E-state index in [1.54, 1.807) is 0 Å². The Morgan fingerprint density at radius 1 is 1.33 bits per heavy atom. The molecule has 0 unspecified atom stereocenters. The quantitative estimate of drug-likeness (QED) is 0.381. The third-order valence-electron chi connectivity index (χ3n) is 2.06. The summed E-state index contributed by atoms with van der Waals surface area (Å²) in [6.45, 7) is 2.39. The number of halogens is 1. The number of alkyl halides is 1. The molecule has 0 spiro atoms. The third kappa shape index (κ3) is 6.33. The van der Waals surface area contributed by atoms with E-state index in [9.17, 15) is 9.59 Å². The highest BCUT2D eigenvalue weighted by atomic mass is 35.5. The number of hydrogen-bond donors (Lipinski definition) is 0. The molecule has 0 aliphatic rings. The lowest BCUT2D eigenvalue weighted by molar-refractivity contribution is -0.146. The SMILES string of the molecule is CCN(CC(=O)OC)C(=O)CCCCCl. The number of methoxy groups -OCH3 is 1. The van der Waals surface area contributed by atoms with Crippen LogP contribution in [0.1, 0.15) is 26.2 Å². The molecule has 0 saturated heterocycles.